The monoisotopic (exact) mass is 1190 g/mol. The number of nitrogens with zero attached hydrogens (tertiary/aromatic N) is 3. The van der Waals surface area contributed by atoms with Gasteiger partial charge in [-0.3, -0.25) is 19.3 Å². The minimum Gasteiger partial charge on any atom is -0.499 e. The molecule has 7 rings (SSSR count). The van der Waals surface area contributed by atoms with Crippen molar-refractivity contribution in [1.29, 1.82) is 0 Å². The number of benzene rings is 1. The van der Waals surface area contributed by atoms with Crippen molar-refractivity contribution in [2.45, 2.75) is 232 Å². The fourth-order valence-electron chi connectivity index (χ4n) is 13.4. The normalized spacial score (nSPS) is 36.9. The maximum absolute atomic E-state index is 15.0. The van der Waals surface area contributed by atoms with Gasteiger partial charge >= 0.3 is 24.1 Å². The molecule has 0 amide bonds. The topological polar surface area (TPSA) is 237 Å². The number of esters is 3. The summed E-state index contributed by atoms with van der Waals surface area (Å²) in [4.78, 5) is 71.3. The zero-order valence-electron chi connectivity index (χ0n) is 52.8. The molecule has 2 aromatic rings. The lowest BCUT2D eigenvalue weighted by molar-refractivity contribution is -0.321. The fraction of sp³-hybridized carbons (Fsp3) is 0.758. The van der Waals surface area contributed by atoms with Crippen LogP contribution in [-0.4, -0.2) is 188 Å². The summed E-state index contributed by atoms with van der Waals surface area (Å²) in [6.45, 7) is 26.4. The van der Waals surface area contributed by atoms with Crippen LogP contribution in [0.15, 0.2) is 35.5 Å². The van der Waals surface area contributed by atoms with Crippen LogP contribution in [0.2, 0.25) is 0 Å². The molecule has 6 heterocycles. The molecule has 4 fully saturated rings. The van der Waals surface area contributed by atoms with Crippen molar-refractivity contribution in [3.05, 3.63) is 57.6 Å². The van der Waals surface area contributed by atoms with E-state index in [1.807, 2.05) is 110 Å². The zero-order valence-corrected chi connectivity index (χ0v) is 52.8. The van der Waals surface area contributed by atoms with E-state index in [1.54, 1.807) is 47.1 Å². The molecular weight excluding hydrogens is 1090 g/mol. The predicted molar refractivity (Wildman–Crippen MR) is 308 cm³/mol. The quantitative estimate of drug-likeness (QED) is 0.0715. The van der Waals surface area contributed by atoms with Gasteiger partial charge in [-0.25, -0.2) is 9.59 Å². The second-order valence-electron chi connectivity index (χ2n) is 25.3. The molecule has 22 nitrogen and oxygen atoms in total. The lowest BCUT2D eigenvalue weighted by Crippen LogP contribution is -2.61. The minimum atomic E-state index is -1.64. The van der Waals surface area contributed by atoms with Gasteiger partial charge in [0.2, 0.25) is 5.43 Å². The van der Waals surface area contributed by atoms with Crippen LogP contribution in [0.3, 0.4) is 0 Å². The average Bonchev–Trinajstić information content (AvgIpc) is 0.970. The molecule has 5 aliphatic heterocycles. The number of fused-ring (bicyclic) bond motifs is 1. The van der Waals surface area contributed by atoms with E-state index in [0.717, 1.165) is 11.1 Å². The molecule has 0 bridgehead atoms. The third kappa shape index (κ3) is 14.5. The largest absolute Gasteiger partial charge is 0.509 e. The number of pyridine rings is 1. The first-order valence-corrected chi connectivity index (χ1v) is 29.8. The molecule has 0 spiro atoms. The summed E-state index contributed by atoms with van der Waals surface area (Å²) >= 11 is 0. The maximum atomic E-state index is 15.0. The molecular formula is C62H95N3O19. The Kier molecular flexibility index (Phi) is 21.5. The summed E-state index contributed by atoms with van der Waals surface area (Å²) in [5.41, 5.74) is -2.90. The van der Waals surface area contributed by atoms with Crippen molar-refractivity contribution in [2.75, 3.05) is 54.6 Å². The number of ether oxygens (including phenoxy) is 13. The molecule has 1 aromatic heterocycles. The number of methoxy groups -OCH3 is 1. The van der Waals surface area contributed by atoms with Crippen LogP contribution in [0, 0.1) is 17.8 Å². The van der Waals surface area contributed by atoms with E-state index in [1.165, 1.54) is 13.1 Å². The van der Waals surface area contributed by atoms with Crippen molar-refractivity contribution in [1.82, 2.24) is 14.4 Å². The van der Waals surface area contributed by atoms with Crippen LogP contribution in [-0.2, 0) is 89.9 Å². The third-order valence-corrected chi connectivity index (χ3v) is 17.8. The van der Waals surface area contributed by atoms with Gasteiger partial charge in [0.1, 0.15) is 30.1 Å². The van der Waals surface area contributed by atoms with Crippen LogP contribution in [0.1, 0.15) is 144 Å². The van der Waals surface area contributed by atoms with Crippen LogP contribution in [0.25, 0.3) is 10.9 Å². The Bertz CT molecular complexity index is 2730. The fourth-order valence-corrected chi connectivity index (χ4v) is 13.4. The Hall–Kier alpha value is -4.75. The van der Waals surface area contributed by atoms with E-state index in [2.05, 4.69) is 0 Å². The lowest BCUT2D eigenvalue weighted by atomic mass is 9.77. The molecule has 472 valence electrons. The van der Waals surface area contributed by atoms with Gasteiger partial charge in [0.05, 0.1) is 79.2 Å². The van der Waals surface area contributed by atoms with E-state index >= 15 is 0 Å². The standard InChI is InChI=1S/C62H95N3O19/c1-19-46-62(14)53(83-58(70)84-62)38(7)64(17)31-34(3)29-60(12,71)52(82-57-51(79-40(9)66)45(63(15)16)26-35(4)77-57)36(5)50(37(6)55(68)80-46)81-47-30-61(13,72-18)54(39(8)78-47)75-25-24-73-23-21-22-41-27-42-33-76-59(10,11)65-32-44(56(69)74-20-2)49(67)43(28-41)48(42)65/h21,23,27-28,32,34-39,45-47,50-54,57,71H,19-20,22,24-26,29-31,33H2,1-18H3/t34-,35-,36+,37-,38-,39+,45+,46-,47+,50+,51-,52-,53-,54+,57+,60-,61-,62-/m1/s1. The highest BCUT2D eigenvalue weighted by Gasteiger charge is 2.59. The van der Waals surface area contributed by atoms with E-state index in [0.29, 0.717) is 30.3 Å². The van der Waals surface area contributed by atoms with Gasteiger partial charge in [0.25, 0.3) is 0 Å². The zero-order chi connectivity index (χ0) is 62.0. The number of carbonyl (C=O) groups is 4. The second-order valence-corrected chi connectivity index (χ2v) is 25.3. The maximum Gasteiger partial charge on any atom is 0.509 e. The summed E-state index contributed by atoms with van der Waals surface area (Å²) in [6, 6.07) is 3.08. The van der Waals surface area contributed by atoms with Crippen LogP contribution < -0.4 is 5.43 Å². The third-order valence-electron chi connectivity index (χ3n) is 17.8. The first-order valence-electron chi connectivity index (χ1n) is 29.8. The second kappa shape index (κ2) is 27.1. The molecule has 22 heteroatoms. The predicted octanol–water partition coefficient (Wildman–Crippen LogP) is 7.17. The molecule has 0 unspecified atom stereocenters. The highest BCUT2D eigenvalue weighted by molar-refractivity contribution is 5.95. The first kappa shape index (κ1) is 66.8. The van der Waals surface area contributed by atoms with Gasteiger partial charge in [-0.15, -0.1) is 0 Å². The van der Waals surface area contributed by atoms with E-state index < -0.39 is 125 Å². The van der Waals surface area contributed by atoms with Crippen LogP contribution in [0.5, 0.6) is 0 Å². The summed E-state index contributed by atoms with van der Waals surface area (Å²) in [5, 5.41) is 13.5. The number of hydrogen-bond acceptors (Lipinski definition) is 21. The smallest absolute Gasteiger partial charge is 0.499 e. The summed E-state index contributed by atoms with van der Waals surface area (Å²) < 4.78 is 83.3. The summed E-state index contributed by atoms with van der Waals surface area (Å²) in [5.74, 6) is -3.95. The number of aromatic nitrogens is 1. The SMILES string of the molecule is CCOC(=O)c1cn2c3c(cc(CC=COCCO[C@H]4[C@H](C)O[C@@H](O[C@H]5[C@H](C)[C@@H](O[C@@H]6O[C@H](C)C[C@H](N(C)C)[C@H]6OC(C)=O)[C@](C)(O)C[C@@H](C)CN(C)[C@H](C)[C@H]6OC(=O)O[C@]6(C)[C@@H](CC)OC(=O)[C@@H]5C)C[C@@]4(C)OC)cc3c1=O)COC2(C)C. The average molecular weight is 1190 g/mol. The van der Waals surface area contributed by atoms with Crippen molar-refractivity contribution in [2.24, 2.45) is 17.8 Å². The van der Waals surface area contributed by atoms with Gasteiger partial charge in [-0.1, -0.05) is 26.8 Å². The molecule has 5 aliphatic rings. The highest BCUT2D eigenvalue weighted by Crippen LogP contribution is 2.43. The van der Waals surface area contributed by atoms with Gasteiger partial charge < -0.3 is 76.2 Å². The number of rotatable bonds is 17. The Morgan fingerprint density at radius 2 is 1.63 bits per heavy atom. The number of aliphatic hydroxyl groups is 1. The molecule has 0 aliphatic carbocycles. The first-order chi connectivity index (χ1) is 39.4. The Morgan fingerprint density at radius 3 is 2.29 bits per heavy atom. The Balaban J connectivity index is 1.12. The van der Waals surface area contributed by atoms with Crippen LogP contribution in [0.4, 0.5) is 4.79 Å². The molecule has 1 N–H and O–H groups in total. The minimum absolute atomic E-state index is 0.0582. The van der Waals surface area contributed by atoms with Crippen molar-refractivity contribution in [3.8, 4) is 0 Å². The number of hydrogen-bond donors (Lipinski definition) is 1. The number of cyclic esters (lactones) is 1. The molecule has 84 heavy (non-hydrogen) atoms. The number of carbonyl (C=O) groups excluding carboxylic acids is 4. The van der Waals surface area contributed by atoms with E-state index in [-0.39, 0.29) is 69.3 Å². The molecule has 0 saturated carbocycles. The summed E-state index contributed by atoms with van der Waals surface area (Å²) in [6.07, 6.45) is -2.92. The van der Waals surface area contributed by atoms with Crippen molar-refractivity contribution in [3.63, 3.8) is 0 Å². The lowest BCUT2D eigenvalue weighted by Gasteiger charge is -2.49. The van der Waals surface area contributed by atoms with E-state index in [4.69, 9.17) is 61.6 Å². The molecule has 18 atom stereocenters. The van der Waals surface area contributed by atoms with Crippen molar-refractivity contribution < 1.29 is 85.9 Å². The van der Waals surface area contributed by atoms with Gasteiger partial charge in [0, 0.05) is 56.1 Å². The highest BCUT2D eigenvalue weighted by atomic mass is 16.8. The number of allylic oxidation sites excluding steroid dienone is 1. The Morgan fingerprint density at radius 1 is 0.917 bits per heavy atom. The Labute approximate surface area is 495 Å². The van der Waals surface area contributed by atoms with Gasteiger partial charge in [0.15, 0.2) is 30.4 Å². The number of likely N-dealkylation sites (N-methyl/N-ethyl adjacent to an activating group) is 2. The summed E-state index contributed by atoms with van der Waals surface area (Å²) in [7, 11) is 7.29. The van der Waals surface area contributed by atoms with Gasteiger partial charge in [-0.05, 0) is 140 Å². The molecule has 0 radical (unpaired) electrons. The molecule has 4 saturated heterocycles. The van der Waals surface area contributed by atoms with Crippen LogP contribution >= 0.6 is 0 Å². The molecule has 1 aromatic carbocycles. The van der Waals surface area contributed by atoms with Crippen molar-refractivity contribution >= 4 is 35.0 Å². The van der Waals surface area contributed by atoms with E-state index in [9.17, 15) is 29.1 Å². The van der Waals surface area contributed by atoms with Gasteiger partial charge in [-0.2, -0.15) is 0 Å².